The van der Waals surface area contributed by atoms with Gasteiger partial charge in [-0.15, -0.1) is 0 Å². The zero-order valence-corrected chi connectivity index (χ0v) is 12.6. The molecule has 1 aromatic rings. The molecule has 0 saturated heterocycles. The van der Waals surface area contributed by atoms with E-state index in [1.54, 1.807) is 0 Å². The summed E-state index contributed by atoms with van der Waals surface area (Å²) < 4.78 is 5.43. The highest BCUT2D eigenvalue weighted by molar-refractivity contribution is 5.77. The topological polar surface area (TPSA) is 58.6 Å². The smallest absolute Gasteiger partial charge is 0.257 e. The van der Waals surface area contributed by atoms with Crippen LogP contribution in [0, 0.1) is 5.41 Å². The van der Waals surface area contributed by atoms with E-state index in [2.05, 4.69) is 12.2 Å². The zero-order chi connectivity index (χ0) is 15.0. The molecule has 0 saturated carbocycles. The van der Waals surface area contributed by atoms with Crippen molar-refractivity contribution in [2.24, 2.45) is 5.41 Å². The summed E-state index contributed by atoms with van der Waals surface area (Å²) in [5, 5.41) is 11.7. The van der Waals surface area contributed by atoms with Crippen LogP contribution in [0.25, 0.3) is 0 Å². The Balaban J connectivity index is 2.32. The van der Waals surface area contributed by atoms with E-state index in [1.165, 1.54) is 5.56 Å². The molecule has 2 N–H and O–H groups in total. The number of ether oxygens (including phenoxy) is 1. The minimum atomic E-state index is -0.143. The third-order valence-corrected chi connectivity index (χ3v) is 3.25. The largest absolute Gasteiger partial charge is 0.484 e. The molecule has 0 atom stereocenters. The van der Waals surface area contributed by atoms with Crippen LogP contribution in [0.5, 0.6) is 5.75 Å². The normalized spacial score (nSPS) is 11.2. The second-order valence-corrected chi connectivity index (χ2v) is 5.70. The molecule has 112 valence electrons. The lowest BCUT2D eigenvalue weighted by molar-refractivity contribution is -0.123. The fourth-order valence-electron chi connectivity index (χ4n) is 1.75. The van der Waals surface area contributed by atoms with Crippen LogP contribution in [0.4, 0.5) is 0 Å². The molecule has 0 fully saturated rings. The van der Waals surface area contributed by atoms with E-state index in [-0.39, 0.29) is 24.5 Å². The minimum absolute atomic E-state index is 0.0146. The third-order valence-electron chi connectivity index (χ3n) is 3.25. The highest BCUT2D eigenvalue weighted by atomic mass is 16.5. The summed E-state index contributed by atoms with van der Waals surface area (Å²) in [5.41, 5.74) is 1.14. The Morgan fingerprint density at radius 3 is 2.50 bits per heavy atom. The minimum Gasteiger partial charge on any atom is -0.484 e. The van der Waals surface area contributed by atoms with Crippen molar-refractivity contribution in [2.45, 2.75) is 33.6 Å². The van der Waals surface area contributed by atoms with Crippen LogP contribution in [-0.2, 0) is 11.2 Å². The summed E-state index contributed by atoms with van der Waals surface area (Å²) in [4.78, 5) is 11.7. The molecule has 0 bridgehead atoms. The summed E-state index contributed by atoms with van der Waals surface area (Å²) in [6.45, 7) is 6.79. The van der Waals surface area contributed by atoms with Gasteiger partial charge in [-0.2, -0.15) is 0 Å². The number of carbonyl (C=O) groups excluding carboxylic acids is 1. The maximum Gasteiger partial charge on any atom is 0.257 e. The second kappa shape index (κ2) is 7.90. The molecule has 1 aromatic carbocycles. The summed E-state index contributed by atoms with van der Waals surface area (Å²) >= 11 is 0. The number of benzene rings is 1. The molecule has 0 aliphatic carbocycles. The molecular weight excluding hydrogens is 254 g/mol. The standard InChI is InChI=1S/C16H25NO3/c1-4-13-5-7-14(8-6-13)20-11-15(19)17-12-16(2,3)9-10-18/h5-8,18H,4,9-12H2,1-3H3,(H,17,19). The van der Waals surface area contributed by atoms with Gasteiger partial charge in [0.25, 0.3) is 5.91 Å². The molecule has 0 aliphatic heterocycles. The van der Waals surface area contributed by atoms with Gasteiger partial charge >= 0.3 is 0 Å². The predicted molar refractivity (Wildman–Crippen MR) is 79.8 cm³/mol. The van der Waals surface area contributed by atoms with Crippen molar-refractivity contribution in [3.63, 3.8) is 0 Å². The molecule has 4 heteroatoms. The average Bonchev–Trinajstić information content (AvgIpc) is 2.43. The number of carbonyl (C=O) groups is 1. The number of rotatable bonds is 8. The van der Waals surface area contributed by atoms with Crippen LogP contribution in [0.15, 0.2) is 24.3 Å². The molecule has 0 spiro atoms. The van der Waals surface area contributed by atoms with Crippen LogP contribution in [0.3, 0.4) is 0 Å². The molecule has 0 aliphatic rings. The van der Waals surface area contributed by atoms with Crippen LogP contribution in [0.1, 0.15) is 32.8 Å². The molecular formula is C16H25NO3. The van der Waals surface area contributed by atoms with E-state index < -0.39 is 0 Å². The molecule has 1 amide bonds. The Labute approximate surface area is 121 Å². The highest BCUT2D eigenvalue weighted by Crippen LogP contribution is 2.18. The number of hydrogen-bond acceptors (Lipinski definition) is 3. The Kier molecular flexibility index (Phi) is 6.52. The van der Waals surface area contributed by atoms with E-state index >= 15 is 0 Å². The van der Waals surface area contributed by atoms with Crippen molar-refractivity contribution in [3.8, 4) is 5.75 Å². The van der Waals surface area contributed by atoms with Gasteiger partial charge in [-0.05, 0) is 36.0 Å². The maximum atomic E-state index is 11.7. The first-order chi connectivity index (χ1) is 9.46. The number of hydrogen-bond donors (Lipinski definition) is 2. The molecule has 1 rings (SSSR count). The predicted octanol–water partition coefficient (Wildman–Crippen LogP) is 2.15. The van der Waals surface area contributed by atoms with Crippen molar-refractivity contribution in [1.29, 1.82) is 0 Å². The van der Waals surface area contributed by atoms with Gasteiger partial charge in [-0.25, -0.2) is 0 Å². The van der Waals surface area contributed by atoms with E-state index in [0.717, 1.165) is 6.42 Å². The van der Waals surface area contributed by atoms with Crippen molar-refractivity contribution in [2.75, 3.05) is 19.8 Å². The van der Waals surface area contributed by atoms with Crippen molar-refractivity contribution < 1.29 is 14.6 Å². The number of amides is 1. The fraction of sp³-hybridized carbons (Fsp3) is 0.562. The monoisotopic (exact) mass is 279 g/mol. The van der Waals surface area contributed by atoms with E-state index in [4.69, 9.17) is 9.84 Å². The number of aliphatic hydroxyl groups is 1. The first-order valence-electron chi connectivity index (χ1n) is 7.06. The summed E-state index contributed by atoms with van der Waals surface area (Å²) in [7, 11) is 0. The van der Waals surface area contributed by atoms with E-state index in [9.17, 15) is 4.79 Å². The summed E-state index contributed by atoms with van der Waals surface area (Å²) in [5.74, 6) is 0.558. The van der Waals surface area contributed by atoms with Crippen LogP contribution >= 0.6 is 0 Å². The number of aryl methyl sites for hydroxylation is 1. The Morgan fingerprint density at radius 2 is 1.95 bits per heavy atom. The van der Waals surface area contributed by atoms with E-state index in [0.29, 0.717) is 18.7 Å². The van der Waals surface area contributed by atoms with Gasteiger partial charge in [-0.1, -0.05) is 32.9 Å². The van der Waals surface area contributed by atoms with Gasteiger partial charge in [0.15, 0.2) is 6.61 Å². The van der Waals surface area contributed by atoms with Gasteiger partial charge in [0, 0.05) is 13.2 Å². The second-order valence-electron chi connectivity index (χ2n) is 5.70. The van der Waals surface area contributed by atoms with Crippen LogP contribution < -0.4 is 10.1 Å². The lowest BCUT2D eigenvalue weighted by Gasteiger charge is -2.23. The third kappa shape index (κ3) is 6.06. The first kappa shape index (κ1) is 16.5. The SMILES string of the molecule is CCc1ccc(OCC(=O)NCC(C)(C)CCO)cc1. The summed E-state index contributed by atoms with van der Waals surface area (Å²) in [6.07, 6.45) is 1.65. The first-order valence-corrected chi connectivity index (χ1v) is 7.06. The van der Waals surface area contributed by atoms with Crippen LogP contribution in [-0.4, -0.2) is 30.8 Å². The molecule has 0 radical (unpaired) electrons. The molecule has 0 aromatic heterocycles. The van der Waals surface area contributed by atoms with Gasteiger partial charge in [-0.3, -0.25) is 4.79 Å². The fourth-order valence-corrected chi connectivity index (χ4v) is 1.75. The average molecular weight is 279 g/mol. The lowest BCUT2D eigenvalue weighted by atomic mass is 9.90. The van der Waals surface area contributed by atoms with Gasteiger partial charge in [0.1, 0.15) is 5.75 Å². The zero-order valence-electron chi connectivity index (χ0n) is 12.6. The van der Waals surface area contributed by atoms with Crippen molar-refractivity contribution in [1.82, 2.24) is 5.32 Å². The number of nitrogens with one attached hydrogen (secondary N) is 1. The lowest BCUT2D eigenvalue weighted by Crippen LogP contribution is -2.37. The van der Waals surface area contributed by atoms with E-state index in [1.807, 2.05) is 38.1 Å². The maximum absolute atomic E-state index is 11.7. The van der Waals surface area contributed by atoms with Crippen molar-refractivity contribution in [3.05, 3.63) is 29.8 Å². The Hall–Kier alpha value is -1.55. The summed E-state index contributed by atoms with van der Waals surface area (Å²) in [6, 6.07) is 7.75. The quantitative estimate of drug-likeness (QED) is 0.766. The van der Waals surface area contributed by atoms with Gasteiger partial charge in [0.2, 0.25) is 0 Å². The molecule has 20 heavy (non-hydrogen) atoms. The number of aliphatic hydroxyl groups excluding tert-OH is 1. The molecule has 0 heterocycles. The highest BCUT2D eigenvalue weighted by Gasteiger charge is 2.18. The van der Waals surface area contributed by atoms with Crippen molar-refractivity contribution >= 4 is 5.91 Å². The Morgan fingerprint density at radius 1 is 1.30 bits per heavy atom. The van der Waals surface area contributed by atoms with Crippen LogP contribution in [0.2, 0.25) is 0 Å². The Bertz CT molecular complexity index is 412. The van der Waals surface area contributed by atoms with Gasteiger partial charge < -0.3 is 15.2 Å². The van der Waals surface area contributed by atoms with Gasteiger partial charge in [0.05, 0.1) is 0 Å². The molecule has 0 unspecified atom stereocenters. The molecule has 4 nitrogen and oxygen atoms in total.